The molecule has 0 spiro atoms. The molecule has 1 fully saturated rings. The first-order chi connectivity index (χ1) is 11.7. The first-order valence-corrected chi connectivity index (χ1v) is 9.35. The molecule has 2 amide bonds. The van der Waals surface area contributed by atoms with Crippen LogP contribution in [0.1, 0.15) is 45.1 Å². The summed E-state index contributed by atoms with van der Waals surface area (Å²) in [6.45, 7) is 6.57. The molecule has 0 saturated heterocycles. The van der Waals surface area contributed by atoms with Gasteiger partial charge < -0.3 is 9.80 Å². The van der Waals surface area contributed by atoms with Crippen molar-refractivity contribution in [2.75, 3.05) is 24.5 Å². The topological polar surface area (TPSA) is 40.6 Å². The Bertz CT molecular complexity index is 607. The second-order valence-corrected chi connectivity index (χ2v) is 7.00. The van der Waals surface area contributed by atoms with E-state index in [9.17, 15) is 9.59 Å². The normalized spacial score (nSPS) is 22.0. The number of nitrogens with zero attached hydrogens (tertiary/aromatic N) is 2. The molecular weight excluding hydrogens is 300 g/mol. The number of aryl methyl sites for hydroxylation is 1. The van der Waals surface area contributed by atoms with E-state index in [4.69, 9.17) is 0 Å². The number of rotatable bonds is 6. The zero-order valence-corrected chi connectivity index (χ0v) is 14.8. The number of carbonyl (C=O) groups is 2. The number of para-hydroxylation sites is 1. The molecule has 1 saturated carbocycles. The van der Waals surface area contributed by atoms with Crippen LogP contribution < -0.4 is 4.90 Å². The Morgan fingerprint density at radius 3 is 2.54 bits per heavy atom. The van der Waals surface area contributed by atoms with Crippen molar-refractivity contribution in [3.05, 3.63) is 29.8 Å². The number of fused-ring (bicyclic) bond motifs is 1. The molecule has 0 radical (unpaired) electrons. The lowest BCUT2D eigenvalue weighted by molar-refractivity contribution is -0.134. The van der Waals surface area contributed by atoms with Crippen LogP contribution in [0.3, 0.4) is 0 Å². The summed E-state index contributed by atoms with van der Waals surface area (Å²) in [4.78, 5) is 29.5. The number of amides is 2. The third-order valence-electron chi connectivity index (χ3n) is 5.10. The highest BCUT2D eigenvalue weighted by molar-refractivity contribution is 6.01. The largest absolute Gasteiger partial charge is 0.342 e. The Morgan fingerprint density at radius 1 is 1.12 bits per heavy atom. The van der Waals surface area contributed by atoms with Gasteiger partial charge in [0.1, 0.15) is 0 Å². The number of hydrogen-bond donors (Lipinski definition) is 0. The van der Waals surface area contributed by atoms with E-state index < -0.39 is 0 Å². The summed E-state index contributed by atoms with van der Waals surface area (Å²) in [5.41, 5.74) is 2.30. The average Bonchev–Trinajstić information content (AvgIpc) is 3.40. The first-order valence-electron chi connectivity index (χ1n) is 9.35. The highest BCUT2D eigenvalue weighted by Crippen LogP contribution is 2.43. The number of carbonyl (C=O) groups excluding carboxylic acids is 2. The molecule has 0 bridgehead atoms. The molecule has 24 heavy (non-hydrogen) atoms. The second kappa shape index (κ2) is 7.37. The Balaban J connectivity index is 1.67. The molecule has 1 aliphatic carbocycles. The van der Waals surface area contributed by atoms with E-state index in [2.05, 4.69) is 19.9 Å². The maximum Gasteiger partial charge on any atom is 0.230 e. The number of anilines is 1. The van der Waals surface area contributed by atoms with Crippen molar-refractivity contribution >= 4 is 17.5 Å². The fourth-order valence-electron chi connectivity index (χ4n) is 3.81. The minimum Gasteiger partial charge on any atom is -0.342 e. The minimum absolute atomic E-state index is 0.0929. The van der Waals surface area contributed by atoms with Crippen molar-refractivity contribution < 1.29 is 9.59 Å². The third kappa shape index (κ3) is 3.33. The molecule has 3 rings (SSSR count). The van der Waals surface area contributed by atoms with Crippen LogP contribution in [-0.4, -0.2) is 36.3 Å². The molecule has 0 N–H and O–H groups in total. The number of hydrogen-bond acceptors (Lipinski definition) is 2. The molecule has 1 heterocycles. The zero-order valence-electron chi connectivity index (χ0n) is 14.8. The van der Waals surface area contributed by atoms with Crippen molar-refractivity contribution in [3.8, 4) is 0 Å². The van der Waals surface area contributed by atoms with Gasteiger partial charge in [0.05, 0.1) is 11.8 Å². The lowest BCUT2D eigenvalue weighted by Crippen LogP contribution is -2.39. The van der Waals surface area contributed by atoms with Crippen LogP contribution in [0, 0.1) is 11.8 Å². The van der Waals surface area contributed by atoms with E-state index in [1.54, 1.807) is 0 Å². The summed E-state index contributed by atoms with van der Waals surface area (Å²) in [5, 5.41) is 0. The second-order valence-electron chi connectivity index (χ2n) is 7.00. The van der Waals surface area contributed by atoms with Crippen molar-refractivity contribution in [3.63, 3.8) is 0 Å². The van der Waals surface area contributed by atoms with Gasteiger partial charge in [-0.3, -0.25) is 9.59 Å². The predicted octanol–water partition coefficient (Wildman–Crippen LogP) is 3.25. The van der Waals surface area contributed by atoms with Gasteiger partial charge in [-0.25, -0.2) is 0 Å². The lowest BCUT2D eigenvalue weighted by atomic mass is 10.0. The minimum atomic E-state index is -0.111. The molecular formula is C20H28N2O2. The van der Waals surface area contributed by atoms with Gasteiger partial charge >= 0.3 is 0 Å². The smallest absolute Gasteiger partial charge is 0.230 e. The summed E-state index contributed by atoms with van der Waals surface area (Å²) in [6.07, 6.45) is 4.70. The van der Waals surface area contributed by atoms with Crippen LogP contribution in [0.2, 0.25) is 0 Å². The highest BCUT2D eigenvalue weighted by atomic mass is 16.2. The molecule has 1 aliphatic heterocycles. The van der Waals surface area contributed by atoms with Gasteiger partial charge in [-0.05, 0) is 43.7 Å². The maximum absolute atomic E-state index is 12.9. The summed E-state index contributed by atoms with van der Waals surface area (Å²) < 4.78 is 0. The Hall–Kier alpha value is -1.84. The Morgan fingerprint density at radius 2 is 1.83 bits per heavy atom. The molecule has 1 aromatic rings. The van der Waals surface area contributed by atoms with Gasteiger partial charge in [-0.15, -0.1) is 0 Å². The van der Waals surface area contributed by atoms with Crippen molar-refractivity contribution in [2.45, 2.75) is 46.0 Å². The van der Waals surface area contributed by atoms with E-state index in [1.807, 2.05) is 28.0 Å². The summed E-state index contributed by atoms with van der Waals surface area (Å²) in [6, 6.07) is 8.16. The molecule has 2 unspecified atom stereocenters. The third-order valence-corrected chi connectivity index (χ3v) is 5.10. The summed E-state index contributed by atoms with van der Waals surface area (Å²) >= 11 is 0. The van der Waals surface area contributed by atoms with Gasteiger partial charge in [-0.2, -0.15) is 0 Å². The van der Waals surface area contributed by atoms with Crippen LogP contribution in [0.4, 0.5) is 5.69 Å². The fraction of sp³-hybridized carbons (Fsp3) is 0.600. The SMILES string of the molecule is CCCN(CCC)C(=O)C1CC1C(=O)N1CCCc2ccccc21. The molecule has 1 aromatic carbocycles. The van der Waals surface area contributed by atoms with Gasteiger partial charge in [0, 0.05) is 25.3 Å². The predicted molar refractivity (Wildman–Crippen MR) is 95.9 cm³/mol. The van der Waals surface area contributed by atoms with Crippen molar-refractivity contribution in [2.24, 2.45) is 11.8 Å². The van der Waals surface area contributed by atoms with Crippen LogP contribution in [-0.2, 0) is 16.0 Å². The van der Waals surface area contributed by atoms with Gasteiger partial charge in [0.25, 0.3) is 0 Å². The van der Waals surface area contributed by atoms with E-state index in [0.717, 1.165) is 57.4 Å². The van der Waals surface area contributed by atoms with Crippen LogP contribution in [0.25, 0.3) is 0 Å². The van der Waals surface area contributed by atoms with Gasteiger partial charge in [0.2, 0.25) is 11.8 Å². The Labute approximate surface area is 144 Å². The standard InChI is InChI=1S/C20H28N2O2/c1-3-11-21(12-4-2)19(23)16-14-17(16)20(24)22-13-7-9-15-8-5-6-10-18(15)22/h5-6,8,10,16-17H,3-4,7,9,11-14H2,1-2H3. The molecule has 4 heteroatoms. The summed E-state index contributed by atoms with van der Waals surface area (Å²) in [5.74, 6) is 0.125. The van der Waals surface area contributed by atoms with Crippen LogP contribution >= 0.6 is 0 Å². The number of benzene rings is 1. The quantitative estimate of drug-likeness (QED) is 0.804. The van der Waals surface area contributed by atoms with Gasteiger partial charge in [0.15, 0.2) is 0 Å². The monoisotopic (exact) mass is 328 g/mol. The lowest BCUT2D eigenvalue weighted by Gasteiger charge is -2.30. The van der Waals surface area contributed by atoms with E-state index in [0.29, 0.717) is 0 Å². The molecule has 2 aliphatic rings. The van der Waals surface area contributed by atoms with Crippen LogP contribution in [0.5, 0.6) is 0 Å². The van der Waals surface area contributed by atoms with E-state index in [-0.39, 0.29) is 23.7 Å². The van der Waals surface area contributed by atoms with E-state index in [1.165, 1.54) is 5.56 Å². The van der Waals surface area contributed by atoms with Crippen molar-refractivity contribution in [1.82, 2.24) is 4.90 Å². The Kier molecular flexibility index (Phi) is 5.22. The molecule has 4 nitrogen and oxygen atoms in total. The van der Waals surface area contributed by atoms with Gasteiger partial charge in [-0.1, -0.05) is 32.0 Å². The molecule has 130 valence electrons. The summed E-state index contributed by atoms with van der Waals surface area (Å²) in [7, 11) is 0. The highest BCUT2D eigenvalue weighted by Gasteiger charge is 2.51. The maximum atomic E-state index is 12.9. The first kappa shape index (κ1) is 17.0. The van der Waals surface area contributed by atoms with Crippen LogP contribution in [0.15, 0.2) is 24.3 Å². The average molecular weight is 328 g/mol. The van der Waals surface area contributed by atoms with E-state index >= 15 is 0 Å². The molecule has 0 aromatic heterocycles. The zero-order chi connectivity index (χ0) is 17.1. The molecule has 2 atom stereocenters. The van der Waals surface area contributed by atoms with Crippen molar-refractivity contribution in [1.29, 1.82) is 0 Å². The fourth-order valence-corrected chi connectivity index (χ4v) is 3.81.